The SMILES string of the molecule is OC(Cc1ccc(Cl)cc1)c1cc(F)ccc1Br. The van der Waals surface area contributed by atoms with Crippen molar-refractivity contribution in [2.75, 3.05) is 0 Å². The first-order chi connectivity index (χ1) is 8.56. The third kappa shape index (κ3) is 3.31. The Kier molecular flexibility index (Phi) is 4.38. The molecular formula is C14H11BrClFO. The molecule has 4 heteroatoms. The highest BCUT2D eigenvalue weighted by Gasteiger charge is 2.13. The van der Waals surface area contributed by atoms with Gasteiger partial charge in [0.1, 0.15) is 5.82 Å². The van der Waals surface area contributed by atoms with Crippen LogP contribution in [-0.2, 0) is 6.42 Å². The summed E-state index contributed by atoms with van der Waals surface area (Å²) in [5.41, 5.74) is 1.49. The highest BCUT2D eigenvalue weighted by molar-refractivity contribution is 9.10. The van der Waals surface area contributed by atoms with Crippen molar-refractivity contribution in [3.63, 3.8) is 0 Å². The highest BCUT2D eigenvalue weighted by Crippen LogP contribution is 2.27. The van der Waals surface area contributed by atoms with Crippen LogP contribution in [0.1, 0.15) is 17.2 Å². The van der Waals surface area contributed by atoms with E-state index in [1.165, 1.54) is 12.1 Å². The number of hydrogen-bond donors (Lipinski definition) is 1. The largest absolute Gasteiger partial charge is 0.388 e. The van der Waals surface area contributed by atoms with E-state index in [1.807, 2.05) is 12.1 Å². The van der Waals surface area contributed by atoms with Crippen LogP contribution in [0, 0.1) is 5.82 Å². The predicted molar refractivity (Wildman–Crippen MR) is 74.2 cm³/mol. The van der Waals surface area contributed by atoms with Gasteiger partial charge in [0.25, 0.3) is 0 Å². The second-order valence-corrected chi connectivity index (χ2v) is 5.30. The van der Waals surface area contributed by atoms with E-state index in [-0.39, 0.29) is 5.82 Å². The van der Waals surface area contributed by atoms with Gasteiger partial charge in [0.05, 0.1) is 6.10 Å². The second-order valence-electron chi connectivity index (χ2n) is 4.01. The normalized spacial score (nSPS) is 12.4. The summed E-state index contributed by atoms with van der Waals surface area (Å²) in [6.07, 6.45) is -0.338. The average molecular weight is 330 g/mol. The van der Waals surface area contributed by atoms with Crippen LogP contribution in [0.25, 0.3) is 0 Å². The van der Waals surface area contributed by atoms with E-state index in [1.54, 1.807) is 18.2 Å². The zero-order valence-electron chi connectivity index (χ0n) is 9.41. The molecule has 0 saturated heterocycles. The van der Waals surface area contributed by atoms with Crippen molar-refractivity contribution in [1.82, 2.24) is 0 Å². The van der Waals surface area contributed by atoms with E-state index in [9.17, 15) is 9.50 Å². The van der Waals surface area contributed by atoms with E-state index in [2.05, 4.69) is 15.9 Å². The number of hydrogen-bond acceptors (Lipinski definition) is 1. The molecule has 0 bridgehead atoms. The van der Waals surface area contributed by atoms with Crippen molar-refractivity contribution in [2.24, 2.45) is 0 Å². The number of rotatable bonds is 3. The van der Waals surface area contributed by atoms with Gasteiger partial charge in [-0.05, 0) is 41.5 Å². The summed E-state index contributed by atoms with van der Waals surface area (Å²) in [5, 5.41) is 10.8. The van der Waals surface area contributed by atoms with E-state index < -0.39 is 6.10 Å². The van der Waals surface area contributed by atoms with Crippen molar-refractivity contribution < 1.29 is 9.50 Å². The van der Waals surface area contributed by atoms with Crippen LogP contribution >= 0.6 is 27.5 Å². The van der Waals surface area contributed by atoms with E-state index in [0.29, 0.717) is 21.5 Å². The summed E-state index contributed by atoms with van der Waals surface area (Å²) in [6, 6.07) is 11.5. The van der Waals surface area contributed by atoms with Crippen LogP contribution in [0.2, 0.25) is 5.02 Å². The summed E-state index contributed by atoms with van der Waals surface area (Å²) in [5.74, 6) is -0.358. The molecule has 0 aromatic heterocycles. The molecule has 2 aromatic carbocycles. The number of halogens is 3. The Hall–Kier alpha value is -0.900. The van der Waals surface area contributed by atoms with Crippen LogP contribution in [0.5, 0.6) is 0 Å². The second kappa shape index (κ2) is 5.83. The molecule has 1 unspecified atom stereocenters. The molecule has 0 aliphatic rings. The Balaban J connectivity index is 2.18. The zero-order chi connectivity index (χ0) is 13.1. The summed E-state index contributed by atoms with van der Waals surface area (Å²) < 4.78 is 13.8. The Labute approximate surface area is 118 Å². The molecule has 0 amide bonds. The Morgan fingerprint density at radius 1 is 1.17 bits per heavy atom. The Morgan fingerprint density at radius 2 is 1.83 bits per heavy atom. The standard InChI is InChI=1S/C14H11BrClFO/c15-13-6-5-11(17)8-12(13)14(18)7-9-1-3-10(16)4-2-9/h1-6,8,14,18H,7H2. The summed E-state index contributed by atoms with van der Waals surface area (Å²) in [7, 11) is 0. The highest BCUT2D eigenvalue weighted by atomic mass is 79.9. The van der Waals surface area contributed by atoms with Gasteiger partial charge in [-0.25, -0.2) is 4.39 Å². The molecule has 2 rings (SSSR count). The Morgan fingerprint density at radius 3 is 2.50 bits per heavy atom. The monoisotopic (exact) mass is 328 g/mol. The number of aliphatic hydroxyl groups is 1. The maximum Gasteiger partial charge on any atom is 0.123 e. The lowest BCUT2D eigenvalue weighted by Gasteiger charge is -2.13. The minimum atomic E-state index is -0.753. The molecular weight excluding hydrogens is 319 g/mol. The summed E-state index contributed by atoms with van der Waals surface area (Å²) in [6.45, 7) is 0. The van der Waals surface area contributed by atoms with Gasteiger partial charge in [0.2, 0.25) is 0 Å². The lowest BCUT2D eigenvalue weighted by molar-refractivity contribution is 0.177. The molecule has 0 fully saturated rings. The third-order valence-electron chi connectivity index (χ3n) is 2.66. The first kappa shape index (κ1) is 13.5. The molecule has 1 nitrogen and oxygen atoms in total. The molecule has 0 radical (unpaired) electrons. The van der Waals surface area contributed by atoms with Crippen LogP contribution in [0.4, 0.5) is 4.39 Å². The molecule has 0 saturated carbocycles. The van der Waals surface area contributed by atoms with E-state index >= 15 is 0 Å². The molecule has 0 aliphatic carbocycles. The van der Waals surface area contributed by atoms with Gasteiger partial charge in [0, 0.05) is 15.9 Å². The first-order valence-corrected chi connectivity index (χ1v) is 6.61. The number of aliphatic hydroxyl groups excluding tert-OH is 1. The predicted octanol–water partition coefficient (Wildman–Crippen LogP) is 4.52. The zero-order valence-corrected chi connectivity index (χ0v) is 11.7. The van der Waals surface area contributed by atoms with Crippen molar-refractivity contribution in [3.05, 3.63) is 68.9 Å². The fourth-order valence-corrected chi connectivity index (χ4v) is 2.36. The van der Waals surface area contributed by atoms with Gasteiger partial charge in [-0.3, -0.25) is 0 Å². The van der Waals surface area contributed by atoms with Gasteiger partial charge < -0.3 is 5.11 Å². The van der Waals surface area contributed by atoms with Gasteiger partial charge in [-0.15, -0.1) is 0 Å². The maximum atomic E-state index is 13.1. The quantitative estimate of drug-likeness (QED) is 0.878. The molecule has 94 valence electrons. The minimum Gasteiger partial charge on any atom is -0.388 e. The van der Waals surface area contributed by atoms with Crippen molar-refractivity contribution in [1.29, 1.82) is 0 Å². The topological polar surface area (TPSA) is 20.2 Å². The van der Waals surface area contributed by atoms with Crippen LogP contribution in [-0.4, -0.2) is 5.11 Å². The fourth-order valence-electron chi connectivity index (χ4n) is 1.72. The van der Waals surface area contributed by atoms with Crippen LogP contribution in [0.15, 0.2) is 46.9 Å². The van der Waals surface area contributed by atoms with Gasteiger partial charge >= 0.3 is 0 Å². The van der Waals surface area contributed by atoms with Crippen molar-refractivity contribution >= 4 is 27.5 Å². The lowest BCUT2D eigenvalue weighted by Crippen LogP contribution is -2.03. The smallest absolute Gasteiger partial charge is 0.123 e. The molecule has 0 spiro atoms. The molecule has 1 N–H and O–H groups in total. The van der Waals surface area contributed by atoms with Crippen LogP contribution in [0.3, 0.4) is 0 Å². The summed E-state index contributed by atoms with van der Waals surface area (Å²) >= 11 is 9.10. The average Bonchev–Trinajstić information content (AvgIpc) is 2.35. The number of benzene rings is 2. The minimum absolute atomic E-state index is 0.358. The van der Waals surface area contributed by atoms with Crippen molar-refractivity contribution in [3.8, 4) is 0 Å². The van der Waals surface area contributed by atoms with Crippen molar-refractivity contribution in [2.45, 2.75) is 12.5 Å². The summed E-state index contributed by atoms with van der Waals surface area (Å²) in [4.78, 5) is 0. The van der Waals surface area contributed by atoms with Gasteiger partial charge in [-0.1, -0.05) is 39.7 Å². The van der Waals surface area contributed by atoms with E-state index in [0.717, 1.165) is 5.56 Å². The molecule has 2 aromatic rings. The molecule has 0 aliphatic heterocycles. The van der Waals surface area contributed by atoms with Crippen LogP contribution < -0.4 is 0 Å². The lowest BCUT2D eigenvalue weighted by atomic mass is 10.0. The molecule has 0 heterocycles. The maximum absolute atomic E-state index is 13.1. The first-order valence-electron chi connectivity index (χ1n) is 5.44. The van der Waals surface area contributed by atoms with Gasteiger partial charge in [0.15, 0.2) is 0 Å². The Bertz CT molecular complexity index is 542. The molecule has 1 atom stereocenters. The molecule has 18 heavy (non-hydrogen) atoms. The fraction of sp³-hybridized carbons (Fsp3) is 0.143. The third-order valence-corrected chi connectivity index (χ3v) is 3.63. The van der Waals surface area contributed by atoms with E-state index in [4.69, 9.17) is 11.6 Å². The van der Waals surface area contributed by atoms with Gasteiger partial charge in [-0.2, -0.15) is 0 Å².